The minimum absolute atomic E-state index is 0.192. The molecule has 0 amide bonds. The highest BCUT2D eigenvalue weighted by Crippen LogP contribution is 2.12. The summed E-state index contributed by atoms with van der Waals surface area (Å²) >= 11 is 5.76. The summed E-state index contributed by atoms with van der Waals surface area (Å²) in [7, 11) is -1.52. The van der Waals surface area contributed by atoms with Gasteiger partial charge in [-0.3, -0.25) is 0 Å². The average molecular weight is 262 g/mol. The normalized spacial score (nSPS) is 12.0. The van der Waals surface area contributed by atoms with Gasteiger partial charge in [0.15, 0.2) is 0 Å². The van der Waals surface area contributed by atoms with Crippen molar-refractivity contribution in [3.63, 3.8) is 0 Å². The second-order valence-electron chi connectivity index (χ2n) is 3.70. The zero-order valence-corrected chi connectivity index (χ0v) is 11.1. The predicted octanol–water partition coefficient (Wildman–Crippen LogP) is 2.51. The third-order valence-corrected chi connectivity index (χ3v) is 4.51. The Hall–Kier alpha value is -0.580. The van der Waals surface area contributed by atoms with E-state index in [1.165, 1.54) is 4.31 Å². The van der Waals surface area contributed by atoms with Gasteiger partial charge >= 0.3 is 0 Å². The minimum Gasteiger partial charge on any atom is -0.212 e. The fourth-order valence-electron chi connectivity index (χ4n) is 1.36. The molecule has 0 aliphatic heterocycles. The number of benzene rings is 1. The molecule has 0 saturated heterocycles. The molecular formula is C11H16ClNO2S. The number of sulfonamides is 1. The summed E-state index contributed by atoms with van der Waals surface area (Å²) in [6, 6.07) is 7.19. The van der Waals surface area contributed by atoms with Crippen LogP contribution in [-0.4, -0.2) is 25.5 Å². The molecule has 0 spiro atoms. The molecule has 1 rings (SSSR count). The first-order valence-electron chi connectivity index (χ1n) is 5.14. The van der Waals surface area contributed by atoms with Crippen molar-refractivity contribution in [1.82, 2.24) is 4.31 Å². The molecule has 0 N–H and O–H groups in total. The molecule has 0 saturated carbocycles. The van der Waals surface area contributed by atoms with Gasteiger partial charge in [0.25, 0.3) is 0 Å². The topological polar surface area (TPSA) is 37.4 Å². The van der Waals surface area contributed by atoms with Crippen molar-refractivity contribution in [2.75, 3.05) is 12.8 Å². The van der Waals surface area contributed by atoms with Gasteiger partial charge in [-0.05, 0) is 24.1 Å². The molecule has 0 bridgehead atoms. The first-order chi connectivity index (χ1) is 7.45. The van der Waals surface area contributed by atoms with Gasteiger partial charge in [0.2, 0.25) is 10.0 Å². The van der Waals surface area contributed by atoms with E-state index in [-0.39, 0.29) is 5.75 Å². The van der Waals surface area contributed by atoms with Gasteiger partial charge in [0.1, 0.15) is 0 Å². The van der Waals surface area contributed by atoms with Crippen LogP contribution in [0.25, 0.3) is 0 Å². The molecule has 90 valence electrons. The van der Waals surface area contributed by atoms with Gasteiger partial charge in [0, 0.05) is 18.6 Å². The molecular weight excluding hydrogens is 246 g/mol. The van der Waals surface area contributed by atoms with Crippen molar-refractivity contribution in [2.45, 2.75) is 19.9 Å². The van der Waals surface area contributed by atoms with Gasteiger partial charge in [-0.25, -0.2) is 12.7 Å². The van der Waals surface area contributed by atoms with Crippen LogP contribution < -0.4 is 0 Å². The number of rotatable bonds is 5. The van der Waals surface area contributed by atoms with E-state index >= 15 is 0 Å². The second kappa shape index (κ2) is 5.66. The fraction of sp³-hybridized carbons (Fsp3) is 0.455. The first-order valence-corrected chi connectivity index (χ1v) is 7.13. The Morgan fingerprint density at radius 2 is 1.81 bits per heavy atom. The number of hydrogen-bond acceptors (Lipinski definition) is 2. The Kier molecular flexibility index (Phi) is 4.77. The quantitative estimate of drug-likeness (QED) is 0.817. The first kappa shape index (κ1) is 13.5. The molecule has 0 atom stereocenters. The maximum atomic E-state index is 11.7. The van der Waals surface area contributed by atoms with Crippen LogP contribution >= 0.6 is 11.6 Å². The SMILES string of the molecule is CCCS(=O)(=O)N(C)Cc1ccc(Cl)cc1. The van der Waals surface area contributed by atoms with E-state index in [1.807, 2.05) is 19.1 Å². The van der Waals surface area contributed by atoms with Crippen molar-refractivity contribution in [3.05, 3.63) is 34.9 Å². The van der Waals surface area contributed by atoms with Gasteiger partial charge in [-0.15, -0.1) is 0 Å². The van der Waals surface area contributed by atoms with Gasteiger partial charge in [-0.2, -0.15) is 0 Å². The lowest BCUT2D eigenvalue weighted by molar-refractivity contribution is 0.466. The number of nitrogens with zero attached hydrogens (tertiary/aromatic N) is 1. The maximum Gasteiger partial charge on any atom is 0.214 e. The van der Waals surface area contributed by atoms with Crippen molar-refractivity contribution in [2.24, 2.45) is 0 Å². The van der Waals surface area contributed by atoms with Crippen molar-refractivity contribution in [3.8, 4) is 0 Å². The summed E-state index contributed by atoms with van der Waals surface area (Å²) < 4.78 is 24.8. The molecule has 0 heterocycles. The highest BCUT2D eigenvalue weighted by Gasteiger charge is 2.16. The third kappa shape index (κ3) is 3.77. The van der Waals surface area contributed by atoms with Gasteiger partial charge in [0.05, 0.1) is 5.75 Å². The second-order valence-corrected chi connectivity index (χ2v) is 6.33. The molecule has 0 aliphatic rings. The summed E-state index contributed by atoms with van der Waals surface area (Å²) in [5.74, 6) is 0.192. The summed E-state index contributed by atoms with van der Waals surface area (Å²) in [5, 5.41) is 0.655. The summed E-state index contributed by atoms with van der Waals surface area (Å²) in [4.78, 5) is 0. The third-order valence-electron chi connectivity index (χ3n) is 2.26. The van der Waals surface area contributed by atoms with Crippen LogP contribution in [0.2, 0.25) is 5.02 Å². The number of halogens is 1. The van der Waals surface area contributed by atoms with E-state index in [0.29, 0.717) is 18.0 Å². The van der Waals surface area contributed by atoms with Crippen molar-refractivity contribution in [1.29, 1.82) is 0 Å². The maximum absolute atomic E-state index is 11.7. The summed E-state index contributed by atoms with van der Waals surface area (Å²) in [6.45, 7) is 2.24. The van der Waals surface area contributed by atoms with Crippen LogP contribution in [0.5, 0.6) is 0 Å². The van der Waals surface area contributed by atoms with Crippen LogP contribution in [0.1, 0.15) is 18.9 Å². The van der Waals surface area contributed by atoms with Gasteiger partial charge < -0.3 is 0 Å². The average Bonchev–Trinajstić information content (AvgIpc) is 2.21. The Morgan fingerprint density at radius 1 is 1.25 bits per heavy atom. The molecule has 3 nitrogen and oxygen atoms in total. The van der Waals surface area contributed by atoms with Crippen LogP contribution in [0.15, 0.2) is 24.3 Å². The monoisotopic (exact) mass is 261 g/mol. The zero-order chi connectivity index (χ0) is 12.2. The Labute approximate surface area is 102 Å². The smallest absolute Gasteiger partial charge is 0.212 e. The van der Waals surface area contributed by atoms with Crippen LogP contribution in [-0.2, 0) is 16.6 Å². The Balaban J connectivity index is 2.71. The lowest BCUT2D eigenvalue weighted by Crippen LogP contribution is -2.28. The lowest BCUT2D eigenvalue weighted by Gasteiger charge is -2.16. The molecule has 0 aromatic heterocycles. The minimum atomic E-state index is -3.12. The molecule has 0 unspecified atom stereocenters. The van der Waals surface area contributed by atoms with Crippen LogP contribution in [0, 0.1) is 0 Å². The molecule has 16 heavy (non-hydrogen) atoms. The fourth-order valence-corrected chi connectivity index (χ4v) is 2.66. The summed E-state index contributed by atoms with van der Waals surface area (Å²) in [5.41, 5.74) is 0.937. The molecule has 5 heteroatoms. The molecule has 0 radical (unpaired) electrons. The molecule has 1 aromatic carbocycles. The Morgan fingerprint density at radius 3 is 2.31 bits per heavy atom. The van der Waals surface area contributed by atoms with Gasteiger partial charge in [-0.1, -0.05) is 30.7 Å². The zero-order valence-electron chi connectivity index (χ0n) is 9.48. The Bertz CT molecular complexity index is 428. The number of hydrogen-bond donors (Lipinski definition) is 0. The molecule has 1 aromatic rings. The largest absolute Gasteiger partial charge is 0.214 e. The van der Waals surface area contributed by atoms with Crippen molar-refractivity contribution >= 4 is 21.6 Å². The highest BCUT2D eigenvalue weighted by atomic mass is 35.5. The molecule has 0 fully saturated rings. The van der Waals surface area contributed by atoms with E-state index in [9.17, 15) is 8.42 Å². The van der Waals surface area contributed by atoms with E-state index in [1.54, 1.807) is 19.2 Å². The van der Waals surface area contributed by atoms with E-state index in [0.717, 1.165) is 5.56 Å². The molecule has 0 aliphatic carbocycles. The summed E-state index contributed by atoms with van der Waals surface area (Å²) in [6.07, 6.45) is 0.632. The lowest BCUT2D eigenvalue weighted by atomic mass is 10.2. The predicted molar refractivity (Wildman–Crippen MR) is 67.0 cm³/mol. The van der Waals surface area contributed by atoms with Crippen LogP contribution in [0.4, 0.5) is 0 Å². The van der Waals surface area contributed by atoms with Crippen molar-refractivity contribution < 1.29 is 8.42 Å². The van der Waals surface area contributed by atoms with Crippen LogP contribution in [0.3, 0.4) is 0 Å². The van der Waals surface area contributed by atoms with E-state index in [2.05, 4.69) is 0 Å². The standard InChI is InChI=1S/C11H16ClNO2S/c1-3-8-16(14,15)13(2)9-10-4-6-11(12)7-5-10/h4-7H,3,8-9H2,1-2H3. The highest BCUT2D eigenvalue weighted by molar-refractivity contribution is 7.89. The van der Waals surface area contributed by atoms with E-state index in [4.69, 9.17) is 11.6 Å². The van der Waals surface area contributed by atoms with E-state index < -0.39 is 10.0 Å².